The number of para-hydroxylation sites is 1. The molecule has 75 heavy (non-hydrogen) atoms. The first-order valence-electron chi connectivity index (χ1n) is 24.4. The summed E-state index contributed by atoms with van der Waals surface area (Å²) in [6, 6.07) is 34.7. The molecule has 0 saturated carbocycles. The molecule has 0 saturated heterocycles. The third-order valence-electron chi connectivity index (χ3n) is 12.4. The number of carboxylic acid groups (broad SMARTS) is 3. The molecule has 0 aliphatic heterocycles. The summed E-state index contributed by atoms with van der Waals surface area (Å²) in [6.07, 6.45) is -0.938. The van der Waals surface area contributed by atoms with Crippen LogP contribution in [0.5, 0.6) is 0 Å². The standard InChI is InChI=1S/C56H60N6O13/c63-49(45(61-56(73)75-35-39-23-11-4-12-24-39)27-15-16-28-57-55(72)74-34-38-21-9-3-10-22-38)59-46(31-40(52(66)67)29-36-17-5-1-6-18-36)50(64)62-48(43(53(68)69)30-37-19-7-2-8-20-37)51(65)60-47(54(70)71)32-41-33-58-44-26-14-13-25-42(41)44/h1-14,17-26,33,40,43,45-48,58H,15-16,27-32,34-35H2,(H,57,72)(H,59,63)(H,60,65)(H,61,73)(H,62,64)(H,66,67)(H,68,69)(H,70,71)/t40?,43?,45-,46-,47-,48-/m0/s1. The van der Waals surface area contributed by atoms with Crippen LogP contribution in [0.15, 0.2) is 152 Å². The molecule has 6 aromatic rings. The number of alkyl carbamates (subject to hydrolysis) is 2. The molecule has 5 aromatic carbocycles. The minimum absolute atomic E-state index is 0.0385. The quantitative estimate of drug-likeness (QED) is 0.0258. The van der Waals surface area contributed by atoms with E-state index >= 15 is 0 Å². The lowest BCUT2D eigenvalue weighted by atomic mass is 9.89. The summed E-state index contributed by atoms with van der Waals surface area (Å²) in [5, 5.41) is 45.0. The fourth-order valence-electron chi connectivity index (χ4n) is 8.37. The van der Waals surface area contributed by atoms with Gasteiger partial charge in [0, 0.05) is 30.1 Å². The molecular formula is C56H60N6O13. The highest BCUT2D eigenvalue weighted by Gasteiger charge is 2.40. The number of aromatic amines is 1. The molecular weight excluding hydrogens is 965 g/mol. The molecule has 5 amide bonds. The molecule has 2 unspecified atom stereocenters. The van der Waals surface area contributed by atoms with Crippen molar-refractivity contribution in [3.8, 4) is 0 Å². The second-order valence-electron chi connectivity index (χ2n) is 17.8. The van der Waals surface area contributed by atoms with Crippen LogP contribution in [0.25, 0.3) is 10.9 Å². The van der Waals surface area contributed by atoms with Gasteiger partial charge in [0.15, 0.2) is 0 Å². The zero-order valence-electron chi connectivity index (χ0n) is 40.9. The molecule has 9 N–H and O–H groups in total. The van der Waals surface area contributed by atoms with E-state index in [0.29, 0.717) is 39.6 Å². The molecule has 0 aliphatic carbocycles. The average molecular weight is 1030 g/mol. The number of unbranched alkanes of at least 4 members (excludes halogenated alkanes) is 1. The largest absolute Gasteiger partial charge is 0.481 e. The molecule has 6 atom stereocenters. The van der Waals surface area contributed by atoms with E-state index in [1.54, 1.807) is 134 Å². The SMILES string of the molecule is O=C(NCCCC[C@H](NC(=O)OCc1ccccc1)C(=O)N[C@@H](CC(Cc1ccccc1)C(=O)O)C(=O)N[C@H](C(=O)N[C@@H](Cc1c[nH]c2ccccc12)C(=O)O)C(Cc1ccccc1)C(=O)O)OCc1ccccc1. The van der Waals surface area contributed by atoms with E-state index in [0.717, 1.165) is 5.56 Å². The second kappa shape index (κ2) is 28.3. The van der Waals surface area contributed by atoms with Crippen molar-refractivity contribution in [2.45, 2.75) is 82.3 Å². The molecule has 1 aromatic heterocycles. The minimum Gasteiger partial charge on any atom is -0.481 e. The Morgan fingerprint density at radius 2 is 1.00 bits per heavy atom. The van der Waals surface area contributed by atoms with Crippen LogP contribution in [0.4, 0.5) is 9.59 Å². The van der Waals surface area contributed by atoms with Gasteiger partial charge in [-0.3, -0.25) is 24.0 Å². The highest BCUT2D eigenvalue weighted by Crippen LogP contribution is 2.22. The molecule has 6 rings (SSSR count). The number of fused-ring (bicyclic) bond motifs is 1. The maximum absolute atomic E-state index is 14.8. The topological polar surface area (TPSA) is 292 Å². The van der Waals surface area contributed by atoms with Crippen molar-refractivity contribution < 1.29 is 63.1 Å². The number of nitrogens with one attached hydrogen (secondary N) is 6. The third kappa shape index (κ3) is 17.6. The number of carboxylic acids is 3. The first-order chi connectivity index (χ1) is 36.2. The Morgan fingerprint density at radius 3 is 1.57 bits per heavy atom. The number of aromatic nitrogens is 1. The van der Waals surface area contributed by atoms with Gasteiger partial charge < -0.3 is 56.4 Å². The van der Waals surface area contributed by atoms with Gasteiger partial charge in [-0.15, -0.1) is 0 Å². The van der Waals surface area contributed by atoms with Gasteiger partial charge in [0.1, 0.15) is 37.4 Å². The molecule has 0 fully saturated rings. The molecule has 19 nitrogen and oxygen atoms in total. The minimum atomic E-state index is -1.99. The van der Waals surface area contributed by atoms with Gasteiger partial charge in [0.05, 0.1) is 11.8 Å². The van der Waals surface area contributed by atoms with Gasteiger partial charge in [-0.05, 0) is 72.4 Å². The fourth-order valence-corrected chi connectivity index (χ4v) is 8.37. The van der Waals surface area contributed by atoms with Crippen molar-refractivity contribution in [2.24, 2.45) is 11.8 Å². The molecule has 19 heteroatoms. The number of benzene rings is 5. The summed E-state index contributed by atoms with van der Waals surface area (Å²) in [5.74, 6) is -10.7. The Labute approximate surface area is 432 Å². The number of carbonyl (C=O) groups is 8. The zero-order chi connectivity index (χ0) is 53.5. The Hall–Kier alpha value is -9.00. The monoisotopic (exact) mass is 1020 g/mol. The Kier molecular flexibility index (Phi) is 20.9. The summed E-state index contributed by atoms with van der Waals surface area (Å²) < 4.78 is 10.7. The summed E-state index contributed by atoms with van der Waals surface area (Å²) in [4.78, 5) is 112. The van der Waals surface area contributed by atoms with Crippen LogP contribution in [0.2, 0.25) is 0 Å². The third-order valence-corrected chi connectivity index (χ3v) is 12.4. The van der Waals surface area contributed by atoms with Crippen LogP contribution in [0.3, 0.4) is 0 Å². The molecule has 1 heterocycles. The van der Waals surface area contributed by atoms with Gasteiger partial charge in [0.2, 0.25) is 17.7 Å². The maximum Gasteiger partial charge on any atom is 0.408 e. The normalized spacial score (nSPS) is 13.3. The number of aliphatic carboxylic acids is 3. The van der Waals surface area contributed by atoms with Crippen LogP contribution in [0.1, 0.15) is 53.5 Å². The predicted molar refractivity (Wildman–Crippen MR) is 275 cm³/mol. The van der Waals surface area contributed by atoms with Crippen LogP contribution >= 0.6 is 0 Å². The molecule has 0 radical (unpaired) electrons. The number of ether oxygens (including phenoxy) is 2. The molecule has 0 aliphatic rings. The van der Waals surface area contributed by atoms with Crippen molar-refractivity contribution in [3.63, 3.8) is 0 Å². The van der Waals surface area contributed by atoms with E-state index < -0.39 is 90.2 Å². The van der Waals surface area contributed by atoms with E-state index in [2.05, 4.69) is 31.6 Å². The Bertz CT molecular complexity index is 2850. The summed E-state index contributed by atoms with van der Waals surface area (Å²) in [5.41, 5.74) is 3.70. The molecule has 0 bridgehead atoms. The van der Waals surface area contributed by atoms with Gasteiger partial charge in [-0.2, -0.15) is 0 Å². The van der Waals surface area contributed by atoms with Gasteiger partial charge in [-0.25, -0.2) is 14.4 Å². The van der Waals surface area contributed by atoms with Crippen molar-refractivity contribution in [1.29, 1.82) is 0 Å². The lowest BCUT2D eigenvalue weighted by molar-refractivity contribution is -0.147. The van der Waals surface area contributed by atoms with E-state index in [-0.39, 0.29) is 51.9 Å². The van der Waals surface area contributed by atoms with Crippen molar-refractivity contribution in [2.75, 3.05) is 6.54 Å². The summed E-state index contributed by atoms with van der Waals surface area (Å²) in [6.45, 7) is -0.00766. The number of hydrogen-bond donors (Lipinski definition) is 9. The lowest BCUT2D eigenvalue weighted by Gasteiger charge is -2.30. The average Bonchev–Trinajstić information content (AvgIpc) is 3.83. The predicted octanol–water partition coefficient (Wildman–Crippen LogP) is 5.92. The van der Waals surface area contributed by atoms with Crippen LogP contribution in [-0.2, 0) is 70.7 Å². The number of carbonyl (C=O) groups excluding carboxylic acids is 5. The fraction of sp³-hybridized carbons (Fsp3) is 0.286. The Morgan fingerprint density at radius 1 is 0.480 bits per heavy atom. The van der Waals surface area contributed by atoms with Crippen LogP contribution in [0, 0.1) is 11.8 Å². The highest BCUT2D eigenvalue weighted by molar-refractivity contribution is 5.97. The van der Waals surface area contributed by atoms with E-state index in [1.165, 1.54) is 0 Å². The Balaban J connectivity index is 1.27. The first-order valence-corrected chi connectivity index (χ1v) is 24.4. The maximum atomic E-state index is 14.8. The van der Waals surface area contributed by atoms with Crippen molar-refractivity contribution >= 4 is 58.7 Å². The highest BCUT2D eigenvalue weighted by atomic mass is 16.6. The van der Waals surface area contributed by atoms with E-state index in [9.17, 15) is 53.7 Å². The van der Waals surface area contributed by atoms with Gasteiger partial charge in [-0.1, -0.05) is 140 Å². The van der Waals surface area contributed by atoms with Gasteiger partial charge in [0.25, 0.3) is 0 Å². The summed E-state index contributed by atoms with van der Waals surface area (Å²) >= 11 is 0. The number of H-pyrrole nitrogens is 1. The van der Waals surface area contributed by atoms with Crippen LogP contribution in [-0.4, -0.2) is 98.8 Å². The van der Waals surface area contributed by atoms with Crippen molar-refractivity contribution in [3.05, 3.63) is 180 Å². The smallest absolute Gasteiger partial charge is 0.408 e. The number of rotatable bonds is 28. The van der Waals surface area contributed by atoms with E-state index in [1.807, 2.05) is 18.2 Å². The van der Waals surface area contributed by atoms with Crippen molar-refractivity contribution in [1.82, 2.24) is 31.6 Å². The molecule has 0 spiro atoms. The van der Waals surface area contributed by atoms with Crippen LogP contribution < -0.4 is 26.6 Å². The second-order valence-corrected chi connectivity index (χ2v) is 17.8. The first kappa shape index (κ1) is 55.3. The van der Waals surface area contributed by atoms with Gasteiger partial charge >= 0.3 is 30.1 Å². The summed E-state index contributed by atoms with van der Waals surface area (Å²) in [7, 11) is 0. The van der Waals surface area contributed by atoms with E-state index in [4.69, 9.17) is 9.47 Å². The number of hydrogen-bond acceptors (Lipinski definition) is 10. The lowest BCUT2D eigenvalue weighted by Crippen LogP contribution is -2.61. The molecule has 392 valence electrons. The zero-order valence-corrected chi connectivity index (χ0v) is 40.9. The number of amides is 5.